The zero-order valence-corrected chi connectivity index (χ0v) is 15.2. The highest BCUT2D eigenvalue weighted by Gasteiger charge is 2.70. The van der Waals surface area contributed by atoms with E-state index in [-0.39, 0.29) is 30.1 Å². The number of halogens is 4. The van der Waals surface area contributed by atoms with E-state index in [1.807, 2.05) is 13.8 Å². The zero-order chi connectivity index (χ0) is 18.4. The molecule has 1 heterocycles. The minimum Gasteiger partial charge on any atom is -0.432 e. The number of hydrogen-bond donors (Lipinski definition) is 2. The van der Waals surface area contributed by atoms with Crippen LogP contribution >= 0.6 is 12.4 Å². The highest BCUT2D eigenvalue weighted by atomic mass is 35.5. The van der Waals surface area contributed by atoms with Crippen molar-refractivity contribution in [2.24, 2.45) is 17.1 Å². The monoisotopic (exact) mass is 394 g/mol. The lowest BCUT2D eigenvalue weighted by Crippen LogP contribution is -2.81. The summed E-state index contributed by atoms with van der Waals surface area (Å²) in [6, 6.07) is 3.26. The third-order valence-electron chi connectivity index (χ3n) is 5.47. The van der Waals surface area contributed by atoms with Crippen LogP contribution in [0, 0.1) is 17.2 Å². The standard InChI is InChI=1S/C17H21F3N2O3.ClH/c1-16(2)13-10(4-3-7-24-13)17(16,21)14(23)22-9-5-6-12(11(18)8-9)25-15(19)20;/h5-6,8,10,13,15H,3-4,7,21H2,1-2H3,(H,22,23);1H. The maximum atomic E-state index is 13.8. The maximum Gasteiger partial charge on any atom is 0.387 e. The number of benzene rings is 1. The number of carbonyl (C=O) groups excluding carboxylic acids is 1. The van der Waals surface area contributed by atoms with E-state index in [1.165, 1.54) is 6.07 Å². The molecule has 1 aliphatic carbocycles. The minimum atomic E-state index is -3.12. The molecule has 1 amide bonds. The normalized spacial score (nSPS) is 29.2. The van der Waals surface area contributed by atoms with Crippen molar-refractivity contribution in [3.8, 4) is 5.75 Å². The second kappa shape index (κ2) is 7.25. The third kappa shape index (κ3) is 3.14. The van der Waals surface area contributed by atoms with Gasteiger partial charge in [0.1, 0.15) is 5.54 Å². The van der Waals surface area contributed by atoms with E-state index >= 15 is 0 Å². The summed E-state index contributed by atoms with van der Waals surface area (Å²) < 4.78 is 48.0. The summed E-state index contributed by atoms with van der Waals surface area (Å²) in [6.45, 7) is 1.28. The van der Waals surface area contributed by atoms with Crippen LogP contribution in [0.15, 0.2) is 18.2 Å². The maximum absolute atomic E-state index is 13.8. The van der Waals surface area contributed by atoms with Gasteiger partial charge in [-0.05, 0) is 25.0 Å². The highest BCUT2D eigenvalue weighted by molar-refractivity contribution is 6.00. The summed E-state index contributed by atoms with van der Waals surface area (Å²) in [5.41, 5.74) is 4.86. The molecular weight excluding hydrogens is 373 g/mol. The van der Waals surface area contributed by atoms with Gasteiger partial charge in [0, 0.05) is 29.7 Å². The number of carbonyl (C=O) groups is 1. The predicted molar refractivity (Wildman–Crippen MR) is 92.1 cm³/mol. The number of anilines is 1. The lowest BCUT2D eigenvalue weighted by atomic mass is 9.46. The second-order valence-corrected chi connectivity index (χ2v) is 7.11. The van der Waals surface area contributed by atoms with Crippen LogP contribution in [0.3, 0.4) is 0 Å². The minimum absolute atomic E-state index is 0. The molecule has 0 aromatic heterocycles. The summed E-state index contributed by atoms with van der Waals surface area (Å²) in [5.74, 6) is -2.12. The van der Waals surface area contributed by atoms with Crippen molar-refractivity contribution in [3.63, 3.8) is 0 Å². The van der Waals surface area contributed by atoms with Crippen molar-refractivity contribution in [3.05, 3.63) is 24.0 Å². The Bertz CT molecular complexity index is 689. The van der Waals surface area contributed by atoms with E-state index in [0.29, 0.717) is 6.61 Å². The average Bonchev–Trinajstić information content (AvgIpc) is 2.56. The van der Waals surface area contributed by atoms with Gasteiger partial charge in [-0.3, -0.25) is 4.79 Å². The van der Waals surface area contributed by atoms with Gasteiger partial charge < -0.3 is 20.5 Å². The molecule has 0 radical (unpaired) electrons. The molecule has 9 heteroatoms. The molecule has 2 fully saturated rings. The quantitative estimate of drug-likeness (QED) is 0.821. The molecule has 0 bridgehead atoms. The molecule has 1 aromatic carbocycles. The SMILES string of the molecule is CC1(C)C2OCCCC2C1(N)C(=O)Nc1ccc(OC(F)F)c(F)c1.Cl. The molecule has 5 nitrogen and oxygen atoms in total. The van der Waals surface area contributed by atoms with Gasteiger partial charge in [0.15, 0.2) is 11.6 Å². The molecular formula is C17H22ClF3N2O3. The first kappa shape index (κ1) is 20.8. The van der Waals surface area contributed by atoms with Crippen LogP contribution in [-0.4, -0.2) is 30.8 Å². The van der Waals surface area contributed by atoms with Gasteiger partial charge in [-0.2, -0.15) is 8.78 Å². The topological polar surface area (TPSA) is 73.6 Å². The first-order valence-corrected chi connectivity index (χ1v) is 8.14. The first-order chi connectivity index (χ1) is 11.7. The fourth-order valence-electron chi connectivity index (χ4n) is 4.04. The molecule has 0 spiro atoms. The molecule has 1 aliphatic heterocycles. The van der Waals surface area contributed by atoms with Gasteiger partial charge in [-0.25, -0.2) is 4.39 Å². The van der Waals surface area contributed by atoms with Crippen LogP contribution in [-0.2, 0) is 9.53 Å². The van der Waals surface area contributed by atoms with Crippen molar-refractivity contribution in [1.82, 2.24) is 0 Å². The summed E-state index contributed by atoms with van der Waals surface area (Å²) in [4.78, 5) is 12.8. The van der Waals surface area contributed by atoms with Crippen LogP contribution in [0.1, 0.15) is 26.7 Å². The third-order valence-corrected chi connectivity index (χ3v) is 5.47. The molecule has 26 heavy (non-hydrogen) atoms. The Hall–Kier alpha value is -1.51. The summed E-state index contributed by atoms with van der Waals surface area (Å²) in [5, 5.41) is 2.59. The van der Waals surface area contributed by atoms with Crippen molar-refractivity contribution >= 4 is 24.0 Å². The smallest absolute Gasteiger partial charge is 0.387 e. The lowest BCUT2D eigenvalue weighted by molar-refractivity contribution is -0.222. The van der Waals surface area contributed by atoms with Gasteiger partial charge >= 0.3 is 6.61 Å². The molecule has 3 atom stereocenters. The van der Waals surface area contributed by atoms with Crippen LogP contribution in [0.5, 0.6) is 5.75 Å². The number of nitrogens with two attached hydrogens (primary N) is 1. The van der Waals surface area contributed by atoms with Crippen LogP contribution in [0.4, 0.5) is 18.9 Å². The van der Waals surface area contributed by atoms with Crippen molar-refractivity contribution < 1.29 is 27.4 Å². The van der Waals surface area contributed by atoms with Gasteiger partial charge in [0.25, 0.3) is 0 Å². The number of ether oxygens (including phenoxy) is 2. The predicted octanol–water partition coefficient (Wildman–Crippen LogP) is 3.32. The van der Waals surface area contributed by atoms with Crippen LogP contribution in [0.25, 0.3) is 0 Å². The molecule has 3 unspecified atom stereocenters. The van der Waals surface area contributed by atoms with E-state index in [2.05, 4.69) is 10.1 Å². The van der Waals surface area contributed by atoms with Crippen LogP contribution < -0.4 is 15.8 Å². The Morgan fingerprint density at radius 1 is 1.42 bits per heavy atom. The first-order valence-electron chi connectivity index (χ1n) is 8.14. The molecule has 3 N–H and O–H groups in total. The van der Waals surface area contributed by atoms with Crippen molar-refractivity contribution in [2.45, 2.75) is 44.9 Å². The Kier molecular flexibility index (Phi) is 5.80. The highest BCUT2D eigenvalue weighted by Crippen LogP contribution is 2.57. The fraction of sp³-hybridized carbons (Fsp3) is 0.588. The van der Waals surface area contributed by atoms with Crippen molar-refractivity contribution in [2.75, 3.05) is 11.9 Å². The summed E-state index contributed by atoms with van der Waals surface area (Å²) in [6.07, 6.45) is 1.53. The summed E-state index contributed by atoms with van der Waals surface area (Å²) in [7, 11) is 0. The van der Waals surface area contributed by atoms with E-state index in [9.17, 15) is 18.0 Å². The molecule has 146 valence electrons. The molecule has 2 aliphatic rings. The molecule has 1 saturated heterocycles. The van der Waals surface area contributed by atoms with E-state index < -0.39 is 35.0 Å². The molecule has 3 rings (SSSR count). The number of hydrogen-bond acceptors (Lipinski definition) is 4. The van der Waals surface area contributed by atoms with Gasteiger partial charge in [-0.1, -0.05) is 13.8 Å². The van der Waals surface area contributed by atoms with Crippen LogP contribution in [0.2, 0.25) is 0 Å². The van der Waals surface area contributed by atoms with E-state index in [0.717, 1.165) is 25.0 Å². The molecule has 1 aromatic rings. The van der Waals surface area contributed by atoms with E-state index in [1.54, 1.807) is 0 Å². The zero-order valence-electron chi connectivity index (χ0n) is 14.4. The Morgan fingerprint density at radius 2 is 2.12 bits per heavy atom. The Morgan fingerprint density at radius 3 is 2.73 bits per heavy atom. The van der Waals surface area contributed by atoms with E-state index in [4.69, 9.17) is 10.5 Å². The van der Waals surface area contributed by atoms with Crippen molar-refractivity contribution in [1.29, 1.82) is 0 Å². The van der Waals surface area contributed by atoms with Gasteiger partial charge in [0.05, 0.1) is 6.10 Å². The number of alkyl halides is 2. The number of fused-ring (bicyclic) bond motifs is 1. The lowest BCUT2D eigenvalue weighted by Gasteiger charge is -2.65. The fourth-order valence-corrected chi connectivity index (χ4v) is 4.04. The Balaban J connectivity index is 0.00000243. The number of amides is 1. The Labute approximate surface area is 155 Å². The largest absolute Gasteiger partial charge is 0.432 e. The number of nitrogens with one attached hydrogen (secondary N) is 1. The van der Waals surface area contributed by atoms with Gasteiger partial charge in [-0.15, -0.1) is 12.4 Å². The van der Waals surface area contributed by atoms with Gasteiger partial charge in [0.2, 0.25) is 5.91 Å². The second-order valence-electron chi connectivity index (χ2n) is 7.11. The summed E-state index contributed by atoms with van der Waals surface area (Å²) >= 11 is 0. The number of rotatable bonds is 4. The average molecular weight is 395 g/mol. The molecule has 1 saturated carbocycles.